The first kappa shape index (κ1) is 41.8. The number of piperidine rings is 2. The normalized spacial score (nSPS) is 20.0. The van der Waals surface area contributed by atoms with E-state index in [4.69, 9.17) is 5.10 Å². The van der Waals surface area contributed by atoms with Gasteiger partial charge in [0.05, 0.1) is 36.0 Å². The zero-order valence-electron chi connectivity index (χ0n) is 36.6. The maximum atomic E-state index is 15.0. The van der Waals surface area contributed by atoms with Crippen LogP contribution in [-0.4, -0.2) is 118 Å². The molecule has 1 unspecified atom stereocenters. The largest absolute Gasteiger partial charge is 0.341 e. The average Bonchev–Trinajstić information content (AvgIpc) is 4.06. The fourth-order valence-electron chi connectivity index (χ4n) is 10.9. The van der Waals surface area contributed by atoms with E-state index in [1.54, 1.807) is 36.1 Å². The minimum Gasteiger partial charge on any atom is -0.341 e. The van der Waals surface area contributed by atoms with Crippen molar-refractivity contribution < 1.29 is 37.5 Å². The number of nitrogens with one attached hydrogen (secondary N) is 1. The van der Waals surface area contributed by atoms with E-state index in [2.05, 4.69) is 20.2 Å². The van der Waals surface area contributed by atoms with Crippen molar-refractivity contribution in [2.45, 2.75) is 90.0 Å². The smallest absolute Gasteiger partial charge is 0.264 e. The second-order valence-electron chi connectivity index (χ2n) is 18.3. The van der Waals surface area contributed by atoms with Crippen LogP contribution in [0.4, 0.5) is 20.3 Å². The highest BCUT2D eigenvalue weighted by Gasteiger charge is 2.46. The number of carbonyl (C=O) groups is 6. The lowest BCUT2D eigenvalue weighted by molar-refractivity contribution is -0.136. The predicted octanol–water partition coefficient (Wildman–Crippen LogP) is 4.34. The highest BCUT2D eigenvalue weighted by atomic mass is 19.3. The summed E-state index contributed by atoms with van der Waals surface area (Å²) in [6.07, 6.45) is 2.57. The van der Waals surface area contributed by atoms with E-state index in [-0.39, 0.29) is 53.9 Å². The quantitative estimate of drug-likeness (QED) is 0.230. The van der Waals surface area contributed by atoms with E-state index in [0.717, 1.165) is 44.7 Å². The number of carbonyl (C=O) groups excluding carboxylic acids is 6. The molecule has 6 aliphatic rings. The topological polar surface area (TPSA) is 179 Å². The number of aromatic nitrogens is 5. The molecule has 0 aliphatic carbocycles. The van der Waals surface area contributed by atoms with Crippen LogP contribution in [0.3, 0.4) is 0 Å². The van der Waals surface area contributed by atoms with Gasteiger partial charge >= 0.3 is 0 Å². The summed E-state index contributed by atoms with van der Waals surface area (Å²) >= 11 is 0. The molecule has 2 aromatic carbocycles. The first-order valence-corrected chi connectivity index (χ1v) is 22.6. The molecular weight excluding hydrogens is 853 g/mol. The Bertz CT molecular complexity index is 2890. The molecular formula is C47H47F2N11O6. The number of likely N-dealkylation sites (tertiary alicyclic amines) is 1. The lowest BCUT2D eigenvalue weighted by Gasteiger charge is -2.34. The van der Waals surface area contributed by atoms with Crippen molar-refractivity contribution in [3.63, 3.8) is 0 Å². The van der Waals surface area contributed by atoms with Crippen molar-refractivity contribution in [2.75, 3.05) is 37.6 Å². The van der Waals surface area contributed by atoms with Gasteiger partial charge in [0.25, 0.3) is 18.2 Å². The second kappa shape index (κ2) is 15.9. The van der Waals surface area contributed by atoms with Gasteiger partial charge in [0.1, 0.15) is 6.04 Å². The van der Waals surface area contributed by atoms with Crippen LogP contribution in [0.2, 0.25) is 0 Å². The standard InChI is InChI=1S/C47H47F2N11O6/c1-25(61)57-15-10-37-35(23-57)44(58-11-3-4-26-16-31(32(42(48)49)20-39(26)58)36-19-27-7-12-54(2)43(27)52-51-36)53-60(37)30-8-13-56(14-9-30)41(63)24-55-21-28-17-33-34(18-29(28)22-55)47(66)59(46(33)65)38-5-6-40(62)50-45(38)64/h7,12,16-20,30,38,42H,3-6,8-11,13-15,21-24H2,1-2H3,(H,50,62,64). The Hall–Kier alpha value is -6.89. The summed E-state index contributed by atoms with van der Waals surface area (Å²) in [5, 5.41) is 17.0. The summed E-state index contributed by atoms with van der Waals surface area (Å²) < 4.78 is 33.9. The summed E-state index contributed by atoms with van der Waals surface area (Å²) in [5.41, 5.74) is 6.92. The van der Waals surface area contributed by atoms with Gasteiger partial charge < -0.3 is 19.3 Å². The molecule has 0 bridgehead atoms. The van der Waals surface area contributed by atoms with Crippen molar-refractivity contribution in [1.29, 1.82) is 0 Å². The highest BCUT2D eigenvalue weighted by Crippen LogP contribution is 2.44. The van der Waals surface area contributed by atoms with Gasteiger partial charge in [-0.1, -0.05) is 0 Å². The van der Waals surface area contributed by atoms with Crippen LogP contribution in [0.1, 0.15) is 106 Å². The number of alkyl halides is 2. The molecule has 19 heteroatoms. The van der Waals surface area contributed by atoms with Crippen LogP contribution in [0.25, 0.3) is 22.3 Å². The molecule has 3 aromatic heterocycles. The minimum atomic E-state index is -2.77. The lowest BCUT2D eigenvalue weighted by Crippen LogP contribution is -2.54. The molecule has 1 N–H and O–H groups in total. The van der Waals surface area contributed by atoms with Crippen LogP contribution in [0, 0.1) is 0 Å². The Labute approximate surface area is 377 Å². The lowest BCUT2D eigenvalue weighted by atomic mass is 9.93. The maximum absolute atomic E-state index is 15.0. The molecule has 1 atom stereocenters. The van der Waals surface area contributed by atoms with Gasteiger partial charge in [-0.05, 0) is 85.2 Å². The maximum Gasteiger partial charge on any atom is 0.264 e. The summed E-state index contributed by atoms with van der Waals surface area (Å²) in [4.78, 5) is 86.2. The SMILES string of the molecule is CC(=O)N1CCc2c(c(N3CCCc4cc(-c5cc6ccn(C)c6nn5)c(C(F)F)cc43)nn2C2CCN(C(=O)CN3Cc4cc5c(cc4C3)C(=O)N(C3CCC(=O)NC3=O)C5=O)CC2)C1. The van der Waals surface area contributed by atoms with Crippen molar-refractivity contribution >= 4 is 58.0 Å². The Balaban J connectivity index is 0.798. The number of anilines is 2. The third-order valence-corrected chi connectivity index (χ3v) is 14.3. The molecule has 66 heavy (non-hydrogen) atoms. The Morgan fingerprint density at radius 3 is 2.24 bits per heavy atom. The zero-order valence-corrected chi connectivity index (χ0v) is 36.6. The fourth-order valence-corrected chi connectivity index (χ4v) is 10.9. The van der Waals surface area contributed by atoms with Crippen LogP contribution in [0.15, 0.2) is 42.6 Å². The molecule has 11 rings (SSSR count). The molecule has 2 fully saturated rings. The van der Waals surface area contributed by atoms with Gasteiger partial charge in [-0.25, -0.2) is 8.78 Å². The number of benzene rings is 2. The number of fused-ring (bicyclic) bond motifs is 5. The zero-order chi connectivity index (χ0) is 45.7. The van der Waals surface area contributed by atoms with E-state index < -0.39 is 36.1 Å². The molecule has 340 valence electrons. The van der Waals surface area contributed by atoms with E-state index in [1.807, 2.05) is 44.6 Å². The van der Waals surface area contributed by atoms with Crippen molar-refractivity contribution in [3.8, 4) is 11.3 Å². The first-order valence-electron chi connectivity index (χ1n) is 22.6. The monoisotopic (exact) mass is 899 g/mol. The molecule has 0 spiro atoms. The second-order valence-corrected chi connectivity index (χ2v) is 18.3. The number of hydrogen-bond donors (Lipinski definition) is 1. The fraction of sp³-hybridized carbons (Fsp3) is 0.426. The number of halogens is 2. The van der Waals surface area contributed by atoms with E-state index in [0.29, 0.717) is 99.9 Å². The van der Waals surface area contributed by atoms with Crippen molar-refractivity contribution in [3.05, 3.63) is 87.2 Å². The summed E-state index contributed by atoms with van der Waals surface area (Å²) in [6.45, 7) is 5.02. The molecule has 9 heterocycles. The molecule has 2 saturated heterocycles. The molecule has 0 saturated carbocycles. The van der Waals surface area contributed by atoms with Crippen molar-refractivity contribution in [2.24, 2.45) is 7.05 Å². The van der Waals surface area contributed by atoms with Crippen LogP contribution >= 0.6 is 0 Å². The minimum absolute atomic E-state index is 0.0246. The van der Waals surface area contributed by atoms with Gasteiger partial charge in [-0.15, -0.1) is 10.2 Å². The Kier molecular flexibility index (Phi) is 10.1. The molecule has 6 amide bonds. The van der Waals surface area contributed by atoms with Gasteiger partial charge in [0.15, 0.2) is 11.5 Å². The predicted molar refractivity (Wildman–Crippen MR) is 233 cm³/mol. The van der Waals surface area contributed by atoms with Crippen LogP contribution in [-0.2, 0) is 58.7 Å². The van der Waals surface area contributed by atoms with E-state index in [9.17, 15) is 28.8 Å². The third kappa shape index (κ3) is 6.93. The third-order valence-electron chi connectivity index (χ3n) is 14.3. The molecule has 6 aliphatic heterocycles. The van der Waals surface area contributed by atoms with Crippen LogP contribution < -0.4 is 10.2 Å². The number of nitrogens with zero attached hydrogens (tertiary/aromatic N) is 10. The summed E-state index contributed by atoms with van der Waals surface area (Å²) in [6, 6.07) is 9.42. The number of imide groups is 2. The van der Waals surface area contributed by atoms with E-state index >= 15 is 8.78 Å². The van der Waals surface area contributed by atoms with Gasteiger partial charge in [0.2, 0.25) is 23.6 Å². The van der Waals surface area contributed by atoms with Gasteiger partial charge in [-0.2, -0.15) is 5.10 Å². The average molecular weight is 900 g/mol. The Morgan fingerprint density at radius 2 is 1.55 bits per heavy atom. The summed E-state index contributed by atoms with van der Waals surface area (Å²) in [5.74, 6) is -1.61. The summed E-state index contributed by atoms with van der Waals surface area (Å²) in [7, 11) is 1.86. The number of aryl methyl sites for hydroxylation is 2. The number of amides is 6. The number of hydrogen-bond acceptors (Lipinski definition) is 11. The van der Waals surface area contributed by atoms with Crippen LogP contribution in [0.5, 0.6) is 0 Å². The Morgan fingerprint density at radius 1 is 0.818 bits per heavy atom. The highest BCUT2D eigenvalue weighted by molar-refractivity contribution is 6.23. The van der Waals surface area contributed by atoms with Crippen molar-refractivity contribution in [1.82, 2.24) is 49.5 Å². The molecule has 0 radical (unpaired) electrons. The number of rotatable bonds is 7. The van der Waals surface area contributed by atoms with Gasteiger partial charge in [0, 0.05) is 106 Å². The molecule has 5 aromatic rings. The van der Waals surface area contributed by atoms with E-state index in [1.165, 1.54) is 0 Å². The van der Waals surface area contributed by atoms with Gasteiger partial charge in [-0.3, -0.25) is 48.6 Å². The first-order chi connectivity index (χ1) is 31.8. The molecule has 17 nitrogen and oxygen atoms in total.